The van der Waals surface area contributed by atoms with Gasteiger partial charge in [-0.05, 0) is 19.2 Å². The molecule has 6 heteroatoms. The number of fused-ring (bicyclic) bond motifs is 1. The lowest BCUT2D eigenvalue weighted by molar-refractivity contribution is 0.205. The number of ether oxygens (including phenoxy) is 1. The zero-order valence-electron chi connectivity index (χ0n) is 10.6. The van der Waals surface area contributed by atoms with Crippen LogP contribution in [0.1, 0.15) is 17.8 Å². The summed E-state index contributed by atoms with van der Waals surface area (Å²) >= 11 is 1.76. The average Bonchev–Trinajstić information content (AvgIpc) is 2.93. The van der Waals surface area contributed by atoms with Gasteiger partial charge in [0.25, 0.3) is 0 Å². The van der Waals surface area contributed by atoms with E-state index in [-0.39, 0.29) is 6.10 Å². The molecule has 0 spiro atoms. The Morgan fingerprint density at radius 2 is 2.32 bits per heavy atom. The number of nitrogens with zero attached hydrogens (tertiary/aromatic N) is 2. The van der Waals surface area contributed by atoms with Gasteiger partial charge in [-0.25, -0.2) is 0 Å². The molecule has 1 aliphatic rings. The van der Waals surface area contributed by atoms with Crippen LogP contribution in [0.4, 0.5) is 0 Å². The van der Waals surface area contributed by atoms with E-state index in [1.165, 1.54) is 0 Å². The Kier molecular flexibility index (Phi) is 3.70. The molecule has 1 unspecified atom stereocenters. The summed E-state index contributed by atoms with van der Waals surface area (Å²) in [6, 6.07) is 8.01. The molecule has 0 radical (unpaired) electrons. The van der Waals surface area contributed by atoms with Crippen molar-refractivity contribution in [2.24, 2.45) is 0 Å². The highest BCUT2D eigenvalue weighted by Crippen LogP contribution is 2.39. The number of nitrogens with one attached hydrogen (secondary N) is 1. The number of aromatic nitrogens is 2. The molecule has 0 bridgehead atoms. The lowest BCUT2D eigenvalue weighted by Gasteiger charge is -2.22. The van der Waals surface area contributed by atoms with Crippen LogP contribution < -0.4 is 10.1 Å². The van der Waals surface area contributed by atoms with E-state index in [0.717, 1.165) is 29.4 Å². The number of para-hydroxylation sites is 1. The highest BCUT2D eigenvalue weighted by molar-refractivity contribution is 7.99. The Balaban J connectivity index is 1.72. The first kappa shape index (κ1) is 12.5. The minimum absolute atomic E-state index is 0.132. The summed E-state index contributed by atoms with van der Waals surface area (Å²) in [5, 5.41) is 7.07. The van der Waals surface area contributed by atoms with E-state index in [4.69, 9.17) is 9.26 Å². The molecule has 0 aliphatic carbocycles. The molecule has 0 saturated carbocycles. The van der Waals surface area contributed by atoms with Gasteiger partial charge in [0.1, 0.15) is 5.75 Å². The van der Waals surface area contributed by atoms with Gasteiger partial charge in [-0.15, -0.1) is 11.8 Å². The smallest absolute Gasteiger partial charge is 0.228 e. The molecular weight excluding hydrogens is 262 g/mol. The highest BCUT2D eigenvalue weighted by Gasteiger charge is 2.25. The molecule has 1 atom stereocenters. The van der Waals surface area contributed by atoms with Gasteiger partial charge >= 0.3 is 0 Å². The lowest BCUT2D eigenvalue weighted by atomic mass is 10.3. The zero-order valence-corrected chi connectivity index (χ0v) is 11.4. The summed E-state index contributed by atoms with van der Waals surface area (Å²) in [6.45, 7) is 0.824. The summed E-state index contributed by atoms with van der Waals surface area (Å²) in [4.78, 5) is 5.55. The first-order valence-corrected chi connectivity index (χ1v) is 7.21. The molecule has 0 amide bonds. The SMILES string of the molecule is CNCCc1nc(C2CSc3ccccc3O2)no1. The van der Waals surface area contributed by atoms with Crippen molar-refractivity contribution < 1.29 is 9.26 Å². The third kappa shape index (κ3) is 2.74. The van der Waals surface area contributed by atoms with Crippen LogP contribution in [0.3, 0.4) is 0 Å². The molecule has 1 aliphatic heterocycles. The van der Waals surface area contributed by atoms with Gasteiger partial charge in [0.15, 0.2) is 6.10 Å². The van der Waals surface area contributed by atoms with Crippen molar-refractivity contribution in [3.05, 3.63) is 36.0 Å². The van der Waals surface area contributed by atoms with E-state index in [2.05, 4.69) is 21.5 Å². The number of hydrogen-bond acceptors (Lipinski definition) is 6. The van der Waals surface area contributed by atoms with Crippen molar-refractivity contribution in [3.8, 4) is 5.75 Å². The van der Waals surface area contributed by atoms with Gasteiger partial charge in [-0.3, -0.25) is 0 Å². The van der Waals surface area contributed by atoms with E-state index in [1.807, 2.05) is 25.2 Å². The molecule has 2 aromatic rings. The Bertz CT molecular complexity index is 558. The second kappa shape index (κ2) is 5.63. The molecule has 1 aromatic carbocycles. The minimum Gasteiger partial charge on any atom is -0.480 e. The molecule has 3 rings (SSSR count). The van der Waals surface area contributed by atoms with Gasteiger partial charge in [0, 0.05) is 23.6 Å². The number of hydrogen-bond donors (Lipinski definition) is 1. The minimum atomic E-state index is -0.132. The fourth-order valence-electron chi connectivity index (χ4n) is 1.88. The molecular formula is C13H15N3O2S. The normalized spacial score (nSPS) is 17.8. The fraction of sp³-hybridized carbons (Fsp3) is 0.385. The Morgan fingerprint density at radius 3 is 3.21 bits per heavy atom. The van der Waals surface area contributed by atoms with Gasteiger partial charge in [-0.2, -0.15) is 4.98 Å². The maximum absolute atomic E-state index is 5.91. The van der Waals surface area contributed by atoms with Crippen LogP contribution >= 0.6 is 11.8 Å². The molecule has 19 heavy (non-hydrogen) atoms. The standard InChI is InChI=1S/C13H15N3O2S/c1-14-7-6-12-15-13(16-18-12)10-8-19-11-5-3-2-4-9(11)17-10/h2-5,10,14H,6-8H2,1H3. The summed E-state index contributed by atoms with van der Waals surface area (Å²) in [5.41, 5.74) is 0. The van der Waals surface area contributed by atoms with Crippen LogP contribution in [0.2, 0.25) is 0 Å². The number of rotatable bonds is 4. The topological polar surface area (TPSA) is 60.2 Å². The zero-order chi connectivity index (χ0) is 13.1. The average molecular weight is 277 g/mol. The third-order valence-electron chi connectivity index (χ3n) is 2.87. The number of thioether (sulfide) groups is 1. The van der Waals surface area contributed by atoms with E-state index < -0.39 is 0 Å². The van der Waals surface area contributed by atoms with Crippen LogP contribution in [0.15, 0.2) is 33.7 Å². The Hall–Kier alpha value is -1.53. The second-order valence-corrected chi connectivity index (χ2v) is 5.33. The van der Waals surface area contributed by atoms with E-state index in [9.17, 15) is 0 Å². The summed E-state index contributed by atoms with van der Waals surface area (Å²) in [5.74, 6) is 2.98. The van der Waals surface area contributed by atoms with Crippen molar-refractivity contribution in [2.75, 3.05) is 19.3 Å². The molecule has 100 valence electrons. The van der Waals surface area contributed by atoms with E-state index in [0.29, 0.717) is 11.7 Å². The van der Waals surface area contributed by atoms with Crippen LogP contribution in [-0.4, -0.2) is 29.5 Å². The Labute approximate surface area is 115 Å². The number of likely N-dealkylation sites (N-methyl/N-ethyl adjacent to an activating group) is 1. The molecule has 0 fully saturated rings. The third-order valence-corrected chi connectivity index (χ3v) is 3.99. The molecule has 5 nitrogen and oxygen atoms in total. The molecule has 2 heterocycles. The van der Waals surface area contributed by atoms with Gasteiger partial charge in [0.2, 0.25) is 11.7 Å². The largest absolute Gasteiger partial charge is 0.480 e. The van der Waals surface area contributed by atoms with Crippen molar-refractivity contribution in [3.63, 3.8) is 0 Å². The summed E-state index contributed by atoms with van der Waals surface area (Å²) in [7, 11) is 1.90. The van der Waals surface area contributed by atoms with Gasteiger partial charge < -0.3 is 14.6 Å². The van der Waals surface area contributed by atoms with Crippen molar-refractivity contribution >= 4 is 11.8 Å². The fourth-order valence-corrected chi connectivity index (χ4v) is 2.86. The lowest BCUT2D eigenvalue weighted by Crippen LogP contribution is -2.16. The summed E-state index contributed by atoms with van der Waals surface area (Å²) < 4.78 is 11.1. The first-order valence-electron chi connectivity index (χ1n) is 6.22. The molecule has 1 N–H and O–H groups in total. The molecule has 0 saturated heterocycles. The van der Waals surface area contributed by atoms with Crippen LogP contribution in [0.25, 0.3) is 0 Å². The van der Waals surface area contributed by atoms with Crippen molar-refractivity contribution in [1.29, 1.82) is 0 Å². The maximum atomic E-state index is 5.91. The van der Waals surface area contributed by atoms with Gasteiger partial charge in [-0.1, -0.05) is 17.3 Å². The monoisotopic (exact) mass is 277 g/mol. The predicted molar refractivity (Wildman–Crippen MR) is 72.5 cm³/mol. The number of benzene rings is 1. The Morgan fingerprint density at radius 1 is 1.42 bits per heavy atom. The highest BCUT2D eigenvalue weighted by atomic mass is 32.2. The first-order chi connectivity index (χ1) is 9.36. The second-order valence-electron chi connectivity index (χ2n) is 4.26. The van der Waals surface area contributed by atoms with Crippen LogP contribution in [0.5, 0.6) is 5.75 Å². The van der Waals surface area contributed by atoms with E-state index in [1.54, 1.807) is 11.8 Å². The van der Waals surface area contributed by atoms with Crippen molar-refractivity contribution in [1.82, 2.24) is 15.5 Å². The van der Waals surface area contributed by atoms with Crippen molar-refractivity contribution in [2.45, 2.75) is 17.4 Å². The summed E-state index contributed by atoms with van der Waals surface area (Å²) in [6.07, 6.45) is 0.604. The molecule has 1 aromatic heterocycles. The van der Waals surface area contributed by atoms with Crippen LogP contribution in [-0.2, 0) is 6.42 Å². The maximum Gasteiger partial charge on any atom is 0.228 e. The van der Waals surface area contributed by atoms with Crippen LogP contribution in [0, 0.1) is 0 Å². The quantitative estimate of drug-likeness (QED) is 0.923. The van der Waals surface area contributed by atoms with E-state index >= 15 is 0 Å². The predicted octanol–water partition coefficient (Wildman–Crippen LogP) is 2.06. The van der Waals surface area contributed by atoms with Gasteiger partial charge in [0.05, 0.1) is 0 Å².